The summed E-state index contributed by atoms with van der Waals surface area (Å²) in [6.45, 7) is 0. The van der Waals surface area contributed by atoms with Crippen LogP contribution in [0.1, 0.15) is 0 Å². The normalized spacial score (nSPS) is 32.4. The number of alkyl halides is 36. The molecule has 4 saturated carbocycles. The van der Waals surface area contributed by atoms with Gasteiger partial charge in [0.05, 0.1) is 21.4 Å². The first-order valence-electron chi connectivity index (χ1n) is 15.7. The van der Waals surface area contributed by atoms with Gasteiger partial charge in [-0.25, -0.2) is 17.6 Å². The molecule has 0 aromatic rings. The first-order chi connectivity index (χ1) is 31.6. The van der Waals surface area contributed by atoms with Crippen LogP contribution in [0.5, 0.6) is 0 Å². The maximum atomic E-state index is 16.7. The van der Waals surface area contributed by atoms with E-state index in [0.29, 0.717) is 0 Å². The fourth-order valence-electron chi connectivity index (χ4n) is 7.10. The molecule has 4 aliphatic rings. The third-order valence-electron chi connectivity index (χ3n) is 10.4. The van der Waals surface area contributed by atoms with E-state index in [0.717, 1.165) is 18.9 Å². The zero-order chi connectivity index (χ0) is 60.1. The lowest BCUT2D eigenvalue weighted by Crippen LogP contribution is -3.13. The van der Waals surface area contributed by atoms with Gasteiger partial charge in [0.1, 0.15) is 0 Å². The van der Waals surface area contributed by atoms with E-state index in [1.807, 2.05) is 0 Å². The largest absolute Gasteiger partial charge is 0.451 e. The molecule has 0 aliphatic heterocycles. The highest BCUT2D eigenvalue weighted by Gasteiger charge is 3.25. The van der Waals surface area contributed by atoms with E-state index in [2.05, 4.69) is 0 Å². The Morgan fingerprint density at radius 1 is 0.203 bits per heavy atom. The Morgan fingerprint density at radius 2 is 0.297 bits per heavy atom. The Bertz CT molecular complexity index is 1770. The molecule has 4 atom stereocenters. The summed E-state index contributed by atoms with van der Waals surface area (Å²) in [5, 5.41) is -21.7. The van der Waals surface area contributed by atoms with Gasteiger partial charge in [-0.15, -0.1) is 0 Å². The van der Waals surface area contributed by atoms with Crippen molar-refractivity contribution in [3.63, 3.8) is 0 Å². The van der Waals surface area contributed by atoms with E-state index in [4.69, 9.17) is 0 Å². The van der Waals surface area contributed by atoms with Crippen LogP contribution < -0.4 is 0 Å². The van der Waals surface area contributed by atoms with Crippen molar-refractivity contribution in [2.45, 2.75) is 130 Å². The van der Waals surface area contributed by atoms with Crippen LogP contribution in [-0.4, -0.2) is 152 Å². The third-order valence-corrected chi connectivity index (χ3v) is 10.4. The summed E-state index contributed by atoms with van der Waals surface area (Å²) in [4.78, 5) is 0. The molecule has 0 heterocycles. The third kappa shape index (κ3) is 6.21. The van der Waals surface area contributed by atoms with Crippen molar-refractivity contribution >= 4 is 0 Å². The van der Waals surface area contributed by atoms with Crippen LogP contribution in [0.4, 0.5) is 194 Å². The summed E-state index contributed by atoms with van der Waals surface area (Å²) < 4.78 is 650. The number of ether oxygens (including phenoxy) is 4. The zero-order valence-electron chi connectivity index (χ0n) is 31.1. The minimum atomic E-state index is -11.1. The van der Waals surface area contributed by atoms with Crippen molar-refractivity contribution in [1.82, 2.24) is 21.4 Å². The second-order valence-corrected chi connectivity index (χ2v) is 14.1. The summed E-state index contributed by atoms with van der Waals surface area (Å²) >= 11 is 0. The van der Waals surface area contributed by atoms with Gasteiger partial charge in [0.15, 0.2) is 0 Å². The molecule has 52 heteroatoms. The maximum Gasteiger partial charge on any atom is 0.451 e. The Kier molecular flexibility index (Phi) is 13.7. The monoisotopic (exact) mass is 1220 g/mol. The lowest BCUT2D eigenvalue weighted by Gasteiger charge is -2.79. The van der Waals surface area contributed by atoms with Crippen LogP contribution in [0.3, 0.4) is 0 Å². The van der Waals surface area contributed by atoms with Gasteiger partial charge in [-0.05, 0) is 0 Å². The van der Waals surface area contributed by atoms with Crippen molar-refractivity contribution in [3.05, 3.63) is 0 Å². The molecule has 4 bridgehead atoms. The van der Waals surface area contributed by atoms with Crippen molar-refractivity contribution < 1.29 is 213 Å². The molecule has 4 unspecified atom stereocenters. The Balaban J connectivity index is 3.25. The van der Waals surface area contributed by atoms with Gasteiger partial charge in [0.25, 0.3) is 22.4 Å². The Morgan fingerprint density at radius 3 is 0.365 bits per heavy atom. The van der Waals surface area contributed by atoms with E-state index in [9.17, 15) is 106 Å². The zero-order valence-corrected chi connectivity index (χ0v) is 31.1. The van der Waals surface area contributed by atoms with Crippen LogP contribution in [0, 0.1) is 0 Å². The standard InChI is InChI=1S/C22F44N4O4/c23-5(24)1(71-19(51,52)11(35,67(59)60)15(39,40)41)6(25,26)3(73-21(55,56)13(37,69(63)64)17(45,46)47)8(29,30)2(5,72-20(53,54)12(36,68(61)62)16(42,43)44)9(31,32)4(7(1,27)28,10(3,33)34)74-22(57,58)14(38,70(65)66)18(48,49)50. The van der Waals surface area contributed by atoms with Crippen molar-refractivity contribution in [2.24, 2.45) is 0 Å². The molecular weight excluding hydrogens is 1220 g/mol. The molecule has 0 spiro atoms. The minimum Gasteiger partial charge on any atom is -0.290 e. The molecule has 440 valence electrons. The molecule has 8 nitrogen and oxygen atoms in total. The Labute approximate surface area is 366 Å². The quantitative estimate of drug-likeness (QED) is 0.0861. The summed E-state index contributed by atoms with van der Waals surface area (Å²) in [5.41, 5.74) is -44.4. The number of halogens is 44. The van der Waals surface area contributed by atoms with Crippen LogP contribution >= 0.6 is 0 Å². The maximum absolute atomic E-state index is 16.7. The van der Waals surface area contributed by atoms with Gasteiger partial charge in [-0.2, -0.15) is 140 Å². The van der Waals surface area contributed by atoms with Gasteiger partial charge in [0, 0.05) is 0 Å². The highest BCUT2D eigenvalue weighted by Crippen LogP contribution is 2.90. The first-order valence-corrected chi connectivity index (χ1v) is 15.7. The van der Waals surface area contributed by atoms with Crippen LogP contribution in [0.2, 0.25) is 0 Å². The molecule has 0 radical (unpaired) electrons. The molecule has 4 aliphatic carbocycles. The lowest BCUT2D eigenvalue weighted by molar-refractivity contribution is -0.694. The van der Waals surface area contributed by atoms with Crippen LogP contribution in [-0.2, 0) is 18.9 Å². The van der Waals surface area contributed by atoms with Crippen LogP contribution in [0.15, 0.2) is 0 Å². The van der Waals surface area contributed by atoms with E-state index in [1.165, 1.54) is 0 Å². The van der Waals surface area contributed by atoms with Crippen molar-refractivity contribution in [2.75, 3.05) is 0 Å². The average molecular weight is 1220 g/mol. The van der Waals surface area contributed by atoms with E-state index in [-0.39, 0.29) is 0 Å². The smallest absolute Gasteiger partial charge is 0.290 e. The van der Waals surface area contributed by atoms with Gasteiger partial charge in [-0.1, -0.05) is 35.9 Å². The molecule has 0 amide bonds. The first kappa shape index (κ1) is 64.9. The van der Waals surface area contributed by atoms with Gasteiger partial charge >= 0.3 is 108 Å². The van der Waals surface area contributed by atoms with Crippen molar-refractivity contribution in [1.29, 1.82) is 0 Å². The second-order valence-electron chi connectivity index (χ2n) is 14.1. The summed E-state index contributed by atoms with van der Waals surface area (Å²) in [6.07, 6.45) is -77.5. The van der Waals surface area contributed by atoms with Crippen molar-refractivity contribution in [3.8, 4) is 0 Å². The van der Waals surface area contributed by atoms with Gasteiger partial charge in [0.2, 0.25) is 0 Å². The summed E-state index contributed by atoms with van der Waals surface area (Å²) in [5.74, 6) is -105. The highest BCUT2D eigenvalue weighted by atomic mass is 19.5. The molecule has 0 saturated heterocycles. The van der Waals surface area contributed by atoms with E-state index >= 15 is 87.8 Å². The molecule has 0 aromatic carbocycles. The topological polar surface area (TPSA) is 49.9 Å². The SMILES string of the molecule is FN(F)C(F)(C(F)(F)F)C(F)(F)OC12C(F)(F)C3(OC(F)(F)C(F)(N(F)F)C(F)(F)F)C(F)(F)C(OC(F)(F)C(F)(N(F)F)C(F)(F)F)(C1(F)F)C(F)(F)C(OC(F)(F)C(F)(N(F)F)C(F)(F)F)(C2(F)F)C3(F)F. The number of hydrogen-bond acceptors (Lipinski definition) is 8. The number of nitrogens with zero attached hydrogens (tertiary/aromatic N) is 4. The van der Waals surface area contributed by atoms with Gasteiger partial charge < -0.3 is 0 Å². The molecular formula is C22F44N4O4. The second kappa shape index (κ2) is 15.7. The average Bonchev–Trinajstić information content (AvgIpc) is 3.13. The molecule has 0 N–H and O–H groups in total. The lowest BCUT2D eigenvalue weighted by atomic mass is 9.38. The van der Waals surface area contributed by atoms with E-state index in [1.54, 1.807) is 0 Å². The molecule has 4 fully saturated rings. The summed E-state index contributed by atoms with van der Waals surface area (Å²) in [6, 6.07) is 0. The minimum absolute atomic E-state index is 0.838. The van der Waals surface area contributed by atoms with E-state index < -0.39 is 152 Å². The predicted octanol–water partition coefficient (Wildman–Crippen LogP) is 12.4. The fourth-order valence-corrected chi connectivity index (χ4v) is 7.10. The fraction of sp³-hybridized carbons (Fsp3) is 1.00. The molecule has 4 rings (SSSR count). The summed E-state index contributed by atoms with van der Waals surface area (Å²) in [7, 11) is 0. The molecule has 0 aromatic heterocycles. The Hall–Kier alpha value is -3.40. The predicted molar refractivity (Wildman–Crippen MR) is 121 cm³/mol. The highest BCUT2D eigenvalue weighted by molar-refractivity contribution is 5.56. The van der Waals surface area contributed by atoms with Crippen LogP contribution in [0.25, 0.3) is 0 Å². The van der Waals surface area contributed by atoms with Gasteiger partial charge in [-0.3, -0.25) is 18.9 Å². The number of rotatable bonds is 16. The number of hydrogen-bond donors (Lipinski definition) is 0. The molecule has 74 heavy (non-hydrogen) atoms.